The topological polar surface area (TPSA) is 110 Å². The molecule has 1 aromatic carbocycles. The van der Waals surface area contributed by atoms with E-state index >= 15 is 0 Å². The van der Waals surface area contributed by atoms with Crippen molar-refractivity contribution >= 4 is 28.5 Å². The monoisotopic (exact) mass is 303 g/mol. The number of hydrogen-bond acceptors (Lipinski definition) is 4. The largest absolute Gasteiger partial charge is 0.354 e. The van der Waals surface area contributed by atoms with Crippen molar-refractivity contribution in [2.75, 3.05) is 25.0 Å². The second kappa shape index (κ2) is 5.64. The number of carbonyl (C=O) groups is 2. The van der Waals surface area contributed by atoms with E-state index in [4.69, 9.17) is 0 Å². The highest BCUT2D eigenvalue weighted by Gasteiger charge is 2.25. The molecule has 116 valence electrons. The number of carbonyl (C=O) groups excluding carboxylic acids is 2. The lowest BCUT2D eigenvalue weighted by molar-refractivity contribution is -0.127. The fourth-order valence-electron chi connectivity index (χ4n) is 2.51. The standard InChI is InChI=1S/C14H17N5O3/c1-8(19-5-4-15-12(20)7-19)13(21)16-9-2-3-10-11(6-9)18-14(22)17-10/h2-3,6,8H,4-5,7H2,1H3,(H,15,20)(H,16,21)(H2,17,18,22). The van der Waals surface area contributed by atoms with Crippen LogP contribution in [0.15, 0.2) is 23.0 Å². The number of nitrogens with one attached hydrogen (secondary N) is 4. The Kier molecular flexibility index (Phi) is 3.68. The lowest BCUT2D eigenvalue weighted by Crippen LogP contribution is -2.53. The Bertz CT molecular complexity index is 778. The predicted octanol–water partition coefficient (Wildman–Crippen LogP) is -0.385. The van der Waals surface area contributed by atoms with E-state index in [0.29, 0.717) is 29.8 Å². The maximum absolute atomic E-state index is 12.3. The zero-order chi connectivity index (χ0) is 15.7. The third-order valence-corrected chi connectivity index (χ3v) is 3.78. The van der Waals surface area contributed by atoms with Crippen molar-refractivity contribution in [3.63, 3.8) is 0 Å². The van der Waals surface area contributed by atoms with Crippen LogP contribution in [-0.4, -0.2) is 52.4 Å². The molecule has 0 spiro atoms. The quantitative estimate of drug-likeness (QED) is 0.619. The van der Waals surface area contributed by atoms with Crippen LogP contribution >= 0.6 is 0 Å². The van der Waals surface area contributed by atoms with Crippen LogP contribution in [0, 0.1) is 0 Å². The van der Waals surface area contributed by atoms with Gasteiger partial charge in [0.05, 0.1) is 23.6 Å². The van der Waals surface area contributed by atoms with E-state index < -0.39 is 6.04 Å². The zero-order valence-corrected chi connectivity index (χ0v) is 12.1. The van der Waals surface area contributed by atoms with Gasteiger partial charge >= 0.3 is 5.69 Å². The molecule has 8 nitrogen and oxygen atoms in total. The summed E-state index contributed by atoms with van der Waals surface area (Å²) in [5.41, 5.74) is 1.63. The van der Waals surface area contributed by atoms with Crippen LogP contribution in [0.2, 0.25) is 0 Å². The molecule has 1 aromatic heterocycles. The number of rotatable bonds is 3. The minimum absolute atomic E-state index is 0.0720. The number of amides is 2. The van der Waals surface area contributed by atoms with Crippen molar-refractivity contribution in [2.24, 2.45) is 0 Å². The Morgan fingerprint density at radius 2 is 2.05 bits per heavy atom. The van der Waals surface area contributed by atoms with Gasteiger partial charge in [0.2, 0.25) is 11.8 Å². The van der Waals surface area contributed by atoms with E-state index in [0.717, 1.165) is 0 Å². The van der Waals surface area contributed by atoms with Gasteiger partial charge in [0.15, 0.2) is 0 Å². The summed E-state index contributed by atoms with van der Waals surface area (Å²) in [4.78, 5) is 42.0. The lowest BCUT2D eigenvalue weighted by atomic mass is 10.2. The number of fused-ring (bicyclic) bond motifs is 1. The minimum atomic E-state index is -0.410. The van der Waals surface area contributed by atoms with Gasteiger partial charge in [-0.25, -0.2) is 4.79 Å². The van der Waals surface area contributed by atoms with E-state index in [2.05, 4.69) is 20.6 Å². The van der Waals surface area contributed by atoms with Crippen LogP contribution in [0.3, 0.4) is 0 Å². The highest BCUT2D eigenvalue weighted by atomic mass is 16.2. The van der Waals surface area contributed by atoms with Crippen LogP contribution in [0.25, 0.3) is 11.0 Å². The van der Waals surface area contributed by atoms with Crippen LogP contribution < -0.4 is 16.3 Å². The third-order valence-electron chi connectivity index (χ3n) is 3.78. The van der Waals surface area contributed by atoms with Gasteiger partial charge in [0.1, 0.15) is 0 Å². The van der Waals surface area contributed by atoms with Crippen molar-refractivity contribution in [3.8, 4) is 0 Å². The van der Waals surface area contributed by atoms with E-state index in [1.807, 2.05) is 4.90 Å². The molecular weight excluding hydrogens is 286 g/mol. The lowest BCUT2D eigenvalue weighted by Gasteiger charge is -2.31. The molecule has 2 heterocycles. The van der Waals surface area contributed by atoms with Crippen molar-refractivity contribution in [3.05, 3.63) is 28.7 Å². The Hall–Kier alpha value is -2.61. The summed E-state index contributed by atoms with van der Waals surface area (Å²) in [6, 6.07) is 4.73. The first-order valence-electron chi connectivity index (χ1n) is 7.06. The molecule has 0 bridgehead atoms. The number of imidazole rings is 1. The second-order valence-electron chi connectivity index (χ2n) is 5.33. The number of aromatic nitrogens is 2. The van der Waals surface area contributed by atoms with E-state index in [1.54, 1.807) is 25.1 Å². The highest BCUT2D eigenvalue weighted by molar-refractivity contribution is 5.96. The molecule has 2 aromatic rings. The fraction of sp³-hybridized carbons (Fsp3) is 0.357. The first kappa shape index (κ1) is 14.3. The summed E-state index contributed by atoms with van der Waals surface area (Å²) in [6.45, 7) is 3.18. The van der Waals surface area contributed by atoms with Gasteiger partial charge in [0, 0.05) is 18.8 Å². The van der Waals surface area contributed by atoms with Gasteiger partial charge in [-0.3, -0.25) is 14.5 Å². The average Bonchev–Trinajstić information content (AvgIpc) is 2.85. The van der Waals surface area contributed by atoms with Crippen LogP contribution in [0.1, 0.15) is 6.92 Å². The fourth-order valence-corrected chi connectivity index (χ4v) is 2.51. The molecule has 8 heteroatoms. The number of aromatic amines is 2. The summed E-state index contributed by atoms with van der Waals surface area (Å²) in [6.07, 6.45) is 0. The van der Waals surface area contributed by atoms with Gasteiger partial charge in [-0.1, -0.05) is 0 Å². The molecule has 1 unspecified atom stereocenters. The molecule has 1 fully saturated rings. The molecule has 1 saturated heterocycles. The second-order valence-corrected chi connectivity index (χ2v) is 5.33. The Morgan fingerprint density at radius 3 is 2.82 bits per heavy atom. The van der Waals surface area contributed by atoms with Crippen LogP contribution in [0.5, 0.6) is 0 Å². The van der Waals surface area contributed by atoms with Crippen molar-refractivity contribution in [1.82, 2.24) is 20.2 Å². The summed E-state index contributed by atoms with van der Waals surface area (Å²) >= 11 is 0. The third kappa shape index (κ3) is 2.86. The van der Waals surface area contributed by atoms with Crippen LogP contribution in [-0.2, 0) is 9.59 Å². The van der Waals surface area contributed by atoms with Gasteiger partial charge in [-0.2, -0.15) is 0 Å². The van der Waals surface area contributed by atoms with E-state index in [-0.39, 0.29) is 24.0 Å². The van der Waals surface area contributed by atoms with E-state index in [9.17, 15) is 14.4 Å². The number of nitrogens with zero attached hydrogens (tertiary/aromatic N) is 1. The van der Waals surface area contributed by atoms with Crippen molar-refractivity contribution < 1.29 is 9.59 Å². The van der Waals surface area contributed by atoms with Gasteiger partial charge in [-0.05, 0) is 25.1 Å². The Morgan fingerprint density at radius 1 is 1.27 bits per heavy atom. The number of hydrogen-bond donors (Lipinski definition) is 4. The van der Waals surface area contributed by atoms with Crippen molar-refractivity contribution in [2.45, 2.75) is 13.0 Å². The number of H-pyrrole nitrogens is 2. The molecule has 4 N–H and O–H groups in total. The molecule has 1 atom stereocenters. The highest BCUT2D eigenvalue weighted by Crippen LogP contribution is 2.15. The summed E-state index contributed by atoms with van der Waals surface area (Å²) < 4.78 is 0. The maximum atomic E-state index is 12.3. The number of piperazine rings is 1. The molecule has 3 rings (SSSR count). The minimum Gasteiger partial charge on any atom is -0.354 e. The molecule has 1 aliphatic heterocycles. The smallest absolute Gasteiger partial charge is 0.323 e. The normalized spacial score (nSPS) is 17.2. The van der Waals surface area contributed by atoms with Gasteiger partial charge < -0.3 is 20.6 Å². The maximum Gasteiger partial charge on any atom is 0.323 e. The predicted molar refractivity (Wildman–Crippen MR) is 81.6 cm³/mol. The zero-order valence-electron chi connectivity index (χ0n) is 12.1. The molecule has 0 aliphatic carbocycles. The summed E-state index contributed by atoms with van der Waals surface area (Å²) in [5.74, 6) is -0.260. The van der Waals surface area contributed by atoms with Crippen molar-refractivity contribution in [1.29, 1.82) is 0 Å². The molecule has 2 amide bonds. The summed E-state index contributed by atoms with van der Waals surface area (Å²) in [5, 5.41) is 5.54. The number of anilines is 1. The summed E-state index contributed by atoms with van der Waals surface area (Å²) in [7, 11) is 0. The SMILES string of the molecule is CC(C(=O)Nc1ccc2[nH]c(=O)[nH]c2c1)N1CCNC(=O)C1. The Balaban J connectivity index is 1.71. The molecule has 0 radical (unpaired) electrons. The molecule has 0 saturated carbocycles. The van der Waals surface area contributed by atoms with Gasteiger partial charge in [-0.15, -0.1) is 0 Å². The van der Waals surface area contributed by atoms with E-state index in [1.165, 1.54) is 0 Å². The van der Waals surface area contributed by atoms with Crippen LogP contribution in [0.4, 0.5) is 5.69 Å². The van der Waals surface area contributed by atoms with Gasteiger partial charge in [0.25, 0.3) is 0 Å². The molecule has 1 aliphatic rings. The average molecular weight is 303 g/mol. The first-order valence-corrected chi connectivity index (χ1v) is 7.06. The Labute approximate surface area is 125 Å². The first-order chi connectivity index (χ1) is 10.5. The molecule has 22 heavy (non-hydrogen) atoms. The number of benzene rings is 1. The molecular formula is C14H17N5O3.